The van der Waals surface area contributed by atoms with Crippen molar-refractivity contribution in [2.75, 3.05) is 26.7 Å². The molecule has 0 radical (unpaired) electrons. The molecule has 0 aliphatic heterocycles. The first-order valence-corrected chi connectivity index (χ1v) is 5.87. The number of hydrogen-bond acceptors (Lipinski definition) is 3. The number of carbonyl (C=O) groups is 2. The first-order chi connectivity index (χ1) is 8.93. The topological polar surface area (TPSA) is 49.4 Å². The van der Waals surface area contributed by atoms with Crippen LogP contribution in [0, 0.1) is 11.6 Å². The molecule has 0 unspecified atom stereocenters. The van der Waals surface area contributed by atoms with Gasteiger partial charge in [-0.05, 0) is 26.1 Å². The standard InChI is InChI=1S/C13H16F2N2O2/c1-3-16-13(19)8-17(2)7-12(18)10-5-4-9(14)6-11(10)15/h4-6H,3,7-8H2,1-2H3,(H,16,19). The maximum absolute atomic E-state index is 13.4. The molecule has 1 aromatic rings. The zero-order valence-corrected chi connectivity index (χ0v) is 10.9. The normalized spacial score (nSPS) is 10.6. The van der Waals surface area contributed by atoms with Gasteiger partial charge in [0.05, 0.1) is 18.7 Å². The van der Waals surface area contributed by atoms with Gasteiger partial charge in [-0.25, -0.2) is 8.78 Å². The van der Waals surface area contributed by atoms with Gasteiger partial charge in [0.1, 0.15) is 11.6 Å². The van der Waals surface area contributed by atoms with Crippen LogP contribution in [0.25, 0.3) is 0 Å². The van der Waals surface area contributed by atoms with Crippen LogP contribution >= 0.6 is 0 Å². The molecule has 1 aromatic carbocycles. The van der Waals surface area contributed by atoms with E-state index in [1.807, 2.05) is 0 Å². The van der Waals surface area contributed by atoms with Gasteiger partial charge in [0.15, 0.2) is 5.78 Å². The SMILES string of the molecule is CCNC(=O)CN(C)CC(=O)c1ccc(F)cc1F. The molecule has 1 rings (SSSR count). The number of likely N-dealkylation sites (N-methyl/N-ethyl adjacent to an activating group) is 2. The van der Waals surface area contributed by atoms with Gasteiger partial charge in [0.2, 0.25) is 5.91 Å². The van der Waals surface area contributed by atoms with E-state index in [0.29, 0.717) is 12.6 Å². The summed E-state index contributed by atoms with van der Waals surface area (Å²) in [5.74, 6) is -2.33. The molecule has 0 heterocycles. The molecule has 104 valence electrons. The number of hydrogen-bond donors (Lipinski definition) is 1. The Hall–Kier alpha value is -1.82. The van der Waals surface area contributed by atoms with Crippen molar-refractivity contribution in [1.82, 2.24) is 10.2 Å². The fourth-order valence-corrected chi connectivity index (χ4v) is 1.60. The monoisotopic (exact) mass is 270 g/mol. The molecular formula is C13H16F2N2O2. The Labute approximate surface area is 110 Å². The van der Waals surface area contributed by atoms with Crippen LogP contribution < -0.4 is 5.32 Å². The summed E-state index contributed by atoms with van der Waals surface area (Å²) in [5.41, 5.74) is -0.177. The van der Waals surface area contributed by atoms with E-state index in [0.717, 1.165) is 12.1 Å². The number of nitrogens with one attached hydrogen (secondary N) is 1. The smallest absolute Gasteiger partial charge is 0.234 e. The molecule has 0 spiro atoms. The van der Waals surface area contributed by atoms with Crippen molar-refractivity contribution in [3.05, 3.63) is 35.4 Å². The molecule has 0 saturated carbocycles. The van der Waals surface area contributed by atoms with E-state index in [4.69, 9.17) is 0 Å². The number of carbonyl (C=O) groups excluding carboxylic acids is 2. The lowest BCUT2D eigenvalue weighted by atomic mass is 10.1. The second-order valence-corrected chi connectivity index (χ2v) is 4.17. The Morgan fingerprint density at radius 2 is 1.95 bits per heavy atom. The van der Waals surface area contributed by atoms with Crippen LogP contribution in [0.3, 0.4) is 0 Å². The molecule has 0 atom stereocenters. The van der Waals surface area contributed by atoms with Crippen molar-refractivity contribution >= 4 is 11.7 Å². The molecule has 1 amide bonds. The van der Waals surface area contributed by atoms with Gasteiger partial charge in [-0.15, -0.1) is 0 Å². The fraction of sp³-hybridized carbons (Fsp3) is 0.385. The summed E-state index contributed by atoms with van der Waals surface area (Å²) < 4.78 is 26.1. The molecule has 0 aliphatic carbocycles. The van der Waals surface area contributed by atoms with Crippen molar-refractivity contribution < 1.29 is 18.4 Å². The predicted molar refractivity (Wildman–Crippen MR) is 66.9 cm³/mol. The van der Waals surface area contributed by atoms with Crippen LogP contribution in [-0.2, 0) is 4.79 Å². The average molecular weight is 270 g/mol. The van der Waals surface area contributed by atoms with Gasteiger partial charge >= 0.3 is 0 Å². The van der Waals surface area contributed by atoms with E-state index >= 15 is 0 Å². The van der Waals surface area contributed by atoms with Gasteiger partial charge in [-0.2, -0.15) is 0 Å². The number of halogens is 2. The number of benzene rings is 1. The molecule has 0 aliphatic rings. The summed E-state index contributed by atoms with van der Waals surface area (Å²) in [6, 6.07) is 2.80. The third kappa shape index (κ3) is 4.75. The predicted octanol–water partition coefficient (Wildman–Crippen LogP) is 1.22. The first-order valence-electron chi connectivity index (χ1n) is 5.87. The zero-order valence-electron chi connectivity index (χ0n) is 10.9. The molecular weight excluding hydrogens is 254 g/mol. The molecule has 1 N–H and O–H groups in total. The molecule has 6 heteroatoms. The summed E-state index contributed by atoms with van der Waals surface area (Å²) in [6.07, 6.45) is 0. The highest BCUT2D eigenvalue weighted by molar-refractivity contribution is 5.98. The van der Waals surface area contributed by atoms with E-state index < -0.39 is 17.4 Å². The summed E-state index contributed by atoms with van der Waals surface area (Å²) in [5, 5.41) is 2.59. The maximum Gasteiger partial charge on any atom is 0.234 e. The van der Waals surface area contributed by atoms with E-state index in [1.165, 1.54) is 4.90 Å². The Kier molecular flexibility index (Phi) is 5.57. The van der Waals surface area contributed by atoms with Crippen LogP contribution in [0.4, 0.5) is 8.78 Å². The minimum absolute atomic E-state index is 0.0440. The second-order valence-electron chi connectivity index (χ2n) is 4.17. The number of nitrogens with zero attached hydrogens (tertiary/aromatic N) is 1. The second kappa shape index (κ2) is 6.94. The highest BCUT2D eigenvalue weighted by atomic mass is 19.1. The fourth-order valence-electron chi connectivity index (χ4n) is 1.60. The van der Waals surface area contributed by atoms with Gasteiger partial charge in [-0.3, -0.25) is 14.5 Å². The van der Waals surface area contributed by atoms with Crippen LogP contribution in [-0.4, -0.2) is 43.3 Å². The van der Waals surface area contributed by atoms with E-state index in [2.05, 4.69) is 5.32 Å². The third-order valence-corrected chi connectivity index (χ3v) is 2.43. The molecule has 0 saturated heterocycles. The molecule has 0 bridgehead atoms. The van der Waals surface area contributed by atoms with Gasteiger partial charge in [-0.1, -0.05) is 0 Å². The van der Waals surface area contributed by atoms with Crippen molar-refractivity contribution in [2.45, 2.75) is 6.92 Å². The lowest BCUT2D eigenvalue weighted by molar-refractivity contribution is -0.121. The molecule has 19 heavy (non-hydrogen) atoms. The lowest BCUT2D eigenvalue weighted by Crippen LogP contribution is -2.37. The van der Waals surface area contributed by atoms with Crippen LogP contribution in [0.15, 0.2) is 18.2 Å². The summed E-state index contributed by atoms with van der Waals surface area (Å²) in [4.78, 5) is 24.6. The maximum atomic E-state index is 13.4. The summed E-state index contributed by atoms with van der Waals surface area (Å²) in [7, 11) is 1.58. The number of rotatable bonds is 6. The Morgan fingerprint density at radius 3 is 2.53 bits per heavy atom. The summed E-state index contributed by atoms with van der Waals surface area (Å²) >= 11 is 0. The minimum atomic E-state index is -0.892. The van der Waals surface area contributed by atoms with E-state index in [-0.39, 0.29) is 24.6 Å². The van der Waals surface area contributed by atoms with Crippen molar-refractivity contribution in [3.63, 3.8) is 0 Å². The average Bonchev–Trinajstić information content (AvgIpc) is 2.28. The Bertz CT molecular complexity index is 478. The van der Waals surface area contributed by atoms with Crippen molar-refractivity contribution in [2.24, 2.45) is 0 Å². The van der Waals surface area contributed by atoms with Crippen molar-refractivity contribution in [1.29, 1.82) is 0 Å². The molecule has 4 nitrogen and oxygen atoms in total. The minimum Gasteiger partial charge on any atom is -0.355 e. The highest BCUT2D eigenvalue weighted by Crippen LogP contribution is 2.10. The van der Waals surface area contributed by atoms with Crippen LogP contribution in [0.5, 0.6) is 0 Å². The van der Waals surface area contributed by atoms with Crippen molar-refractivity contribution in [3.8, 4) is 0 Å². The van der Waals surface area contributed by atoms with Gasteiger partial charge in [0, 0.05) is 12.6 Å². The van der Waals surface area contributed by atoms with E-state index in [9.17, 15) is 18.4 Å². The third-order valence-electron chi connectivity index (χ3n) is 2.43. The quantitative estimate of drug-likeness (QED) is 0.791. The number of Topliss-reactive ketones (excluding diaryl/α,β-unsaturated/α-hetero) is 1. The summed E-state index contributed by atoms with van der Waals surface area (Å²) in [6.45, 7) is 2.23. The van der Waals surface area contributed by atoms with E-state index in [1.54, 1.807) is 14.0 Å². The Balaban J connectivity index is 2.61. The molecule has 0 fully saturated rings. The lowest BCUT2D eigenvalue weighted by Gasteiger charge is -2.15. The Morgan fingerprint density at radius 1 is 1.26 bits per heavy atom. The number of amides is 1. The highest BCUT2D eigenvalue weighted by Gasteiger charge is 2.15. The first kappa shape index (κ1) is 15.2. The number of ketones is 1. The van der Waals surface area contributed by atoms with Crippen LogP contribution in [0.1, 0.15) is 17.3 Å². The zero-order chi connectivity index (χ0) is 14.4. The molecule has 0 aromatic heterocycles. The van der Waals surface area contributed by atoms with Gasteiger partial charge in [0.25, 0.3) is 0 Å². The largest absolute Gasteiger partial charge is 0.355 e. The van der Waals surface area contributed by atoms with Crippen LogP contribution in [0.2, 0.25) is 0 Å². The van der Waals surface area contributed by atoms with Gasteiger partial charge < -0.3 is 5.32 Å².